The Hall–Kier alpha value is -0.550. The minimum absolute atomic E-state index is 0.159. The van der Waals surface area contributed by atoms with Gasteiger partial charge in [0, 0.05) is 6.54 Å². The van der Waals surface area contributed by atoms with Crippen LogP contribution in [-0.4, -0.2) is 13.1 Å². The zero-order chi connectivity index (χ0) is 8.81. The third-order valence-corrected chi connectivity index (χ3v) is 2.63. The predicted octanol–water partition coefficient (Wildman–Crippen LogP) is 1.93. The summed E-state index contributed by atoms with van der Waals surface area (Å²) >= 11 is 0. The van der Waals surface area contributed by atoms with Gasteiger partial charge >= 0.3 is 0 Å². The van der Waals surface area contributed by atoms with Crippen LogP contribution in [0.5, 0.6) is 0 Å². The second-order valence-corrected chi connectivity index (χ2v) is 3.82. The molecular weight excluding hydrogens is 148 g/mol. The van der Waals surface area contributed by atoms with Crippen molar-refractivity contribution in [3.8, 4) is 6.07 Å². The van der Waals surface area contributed by atoms with Crippen molar-refractivity contribution in [2.24, 2.45) is 11.8 Å². The molecule has 0 aromatic carbocycles. The maximum atomic E-state index is 8.51. The molecule has 1 aliphatic rings. The van der Waals surface area contributed by atoms with Crippen LogP contribution in [0.1, 0.15) is 32.6 Å². The van der Waals surface area contributed by atoms with Gasteiger partial charge in [-0.05, 0) is 25.8 Å². The van der Waals surface area contributed by atoms with E-state index in [-0.39, 0.29) is 5.92 Å². The summed E-state index contributed by atoms with van der Waals surface area (Å²) < 4.78 is 0. The topological polar surface area (TPSA) is 35.8 Å². The monoisotopic (exact) mass is 166 g/mol. The van der Waals surface area contributed by atoms with E-state index in [2.05, 4.69) is 11.4 Å². The number of hydrogen-bond donors (Lipinski definition) is 1. The van der Waals surface area contributed by atoms with Gasteiger partial charge in [-0.1, -0.05) is 19.3 Å². The Morgan fingerprint density at radius 3 is 2.83 bits per heavy atom. The molecule has 2 heteroatoms. The normalized spacial score (nSPS) is 19.7. The minimum Gasteiger partial charge on any atom is -0.315 e. The van der Waals surface area contributed by atoms with Crippen LogP contribution < -0.4 is 5.32 Å². The van der Waals surface area contributed by atoms with E-state index >= 15 is 0 Å². The first kappa shape index (κ1) is 9.54. The van der Waals surface area contributed by atoms with Gasteiger partial charge in [0.05, 0.1) is 12.0 Å². The molecule has 1 aliphatic carbocycles. The molecule has 1 unspecified atom stereocenters. The van der Waals surface area contributed by atoms with E-state index in [1.54, 1.807) is 0 Å². The molecule has 0 aromatic heterocycles. The van der Waals surface area contributed by atoms with Crippen molar-refractivity contribution in [2.75, 3.05) is 13.1 Å². The first-order valence-corrected chi connectivity index (χ1v) is 4.93. The molecule has 0 aliphatic heterocycles. The fourth-order valence-electron chi connectivity index (χ4n) is 1.45. The molecule has 0 amide bonds. The van der Waals surface area contributed by atoms with E-state index in [1.807, 2.05) is 6.92 Å². The molecular formula is C10H18N2. The van der Waals surface area contributed by atoms with Gasteiger partial charge in [-0.3, -0.25) is 0 Å². The zero-order valence-corrected chi connectivity index (χ0v) is 7.84. The summed E-state index contributed by atoms with van der Waals surface area (Å²) in [7, 11) is 0. The molecule has 1 atom stereocenters. The van der Waals surface area contributed by atoms with Crippen LogP contribution in [0.15, 0.2) is 0 Å². The smallest absolute Gasteiger partial charge is 0.0666 e. The van der Waals surface area contributed by atoms with Crippen LogP contribution >= 0.6 is 0 Å². The molecule has 1 saturated carbocycles. The molecule has 0 saturated heterocycles. The van der Waals surface area contributed by atoms with Crippen LogP contribution in [0.25, 0.3) is 0 Å². The van der Waals surface area contributed by atoms with Crippen molar-refractivity contribution >= 4 is 0 Å². The average molecular weight is 166 g/mol. The molecule has 0 radical (unpaired) electrons. The standard InChI is InChI=1S/C10H18N2/c1-9(7-11)8-12-6-5-10-3-2-4-10/h9-10,12H,2-6,8H2,1H3. The fourth-order valence-corrected chi connectivity index (χ4v) is 1.45. The van der Waals surface area contributed by atoms with Crippen LogP contribution in [0.3, 0.4) is 0 Å². The van der Waals surface area contributed by atoms with E-state index in [0.29, 0.717) is 0 Å². The second kappa shape index (κ2) is 5.16. The maximum absolute atomic E-state index is 8.51. The molecule has 0 bridgehead atoms. The van der Waals surface area contributed by atoms with Crippen LogP contribution in [0.4, 0.5) is 0 Å². The van der Waals surface area contributed by atoms with Gasteiger partial charge in [0.1, 0.15) is 0 Å². The molecule has 1 N–H and O–H groups in total. The molecule has 0 aromatic rings. The van der Waals surface area contributed by atoms with Gasteiger partial charge in [0.2, 0.25) is 0 Å². The van der Waals surface area contributed by atoms with Crippen molar-refractivity contribution in [3.63, 3.8) is 0 Å². The summed E-state index contributed by atoms with van der Waals surface area (Å²) in [6.45, 7) is 3.90. The number of nitrogens with one attached hydrogen (secondary N) is 1. The van der Waals surface area contributed by atoms with Crippen molar-refractivity contribution in [3.05, 3.63) is 0 Å². The lowest BCUT2D eigenvalue weighted by atomic mass is 9.83. The van der Waals surface area contributed by atoms with Crippen LogP contribution in [0, 0.1) is 23.2 Å². The van der Waals surface area contributed by atoms with Gasteiger partial charge < -0.3 is 5.32 Å². The summed E-state index contributed by atoms with van der Waals surface area (Å²) in [6.07, 6.45) is 5.59. The summed E-state index contributed by atoms with van der Waals surface area (Å²) in [5.74, 6) is 1.14. The Bertz CT molecular complexity index is 156. The molecule has 1 rings (SSSR count). The Morgan fingerprint density at radius 1 is 1.58 bits per heavy atom. The highest BCUT2D eigenvalue weighted by Crippen LogP contribution is 2.28. The fraction of sp³-hybridized carbons (Fsp3) is 0.900. The maximum Gasteiger partial charge on any atom is 0.0666 e. The molecule has 0 spiro atoms. The molecule has 0 heterocycles. The van der Waals surface area contributed by atoms with Crippen LogP contribution in [-0.2, 0) is 0 Å². The van der Waals surface area contributed by atoms with E-state index in [1.165, 1.54) is 25.7 Å². The van der Waals surface area contributed by atoms with Gasteiger partial charge in [0.15, 0.2) is 0 Å². The van der Waals surface area contributed by atoms with Gasteiger partial charge in [0.25, 0.3) is 0 Å². The Kier molecular flexibility index (Phi) is 4.10. The third kappa shape index (κ3) is 3.23. The lowest BCUT2D eigenvalue weighted by Gasteiger charge is -2.25. The van der Waals surface area contributed by atoms with Gasteiger partial charge in [-0.15, -0.1) is 0 Å². The average Bonchev–Trinajstić information content (AvgIpc) is 2.00. The molecule has 1 fully saturated rings. The third-order valence-electron chi connectivity index (χ3n) is 2.63. The minimum atomic E-state index is 0.159. The molecule has 12 heavy (non-hydrogen) atoms. The number of hydrogen-bond acceptors (Lipinski definition) is 2. The van der Waals surface area contributed by atoms with E-state index in [9.17, 15) is 0 Å². The largest absolute Gasteiger partial charge is 0.315 e. The first-order valence-electron chi connectivity index (χ1n) is 4.93. The Morgan fingerprint density at radius 2 is 2.33 bits per heavy atom. The van der Waals surface area contributed by atoms with E-state index in [4.69, 9.17) is 5.26 Å². The van der Waals surface area contributed by atoms with Crippen molar-refractivity contribution in [1.82, 2.24) is 5.32 Å². The summed E-state index contributed by atoms with van der Waals surface area (Å²) in [5, 5.41) is 11.8. The van der Waals surface area contributed by atoms with Gasteiger partial charge in [-0.25, -0.2) is 0 Å². The van der Waals surface area contributed by atoms with E-state index < -0.39 is 0 Å². The second-order valence-electron chi connectivity index (χ2n) is 3.82. The lowest BCUT2D eigenvalue weighted by Crippen LogP contribution is -2.25. The highest BCUT2D eigenvalue weighted by molar-refractivity contribution is 4.80. The SMILES string of the molecule is CC(C#N)CNCCC1CCC1. The lowest BCUT2D eigenvalue weighted by molar-refractivity contribution is 0.291. The highest BCUT2D eigenvalue weighted by atomic mass is 14.9. The molecule has 2 nitrogen and oxygen atoms in total. The highest BCUT2D eigenvalue weighted by Gasteiger charge is 2.16. The van der Waals surface area contributed by atoms with Crippen molar-refractivity contribution in [1.29, 1.82) is 5.26 Å². The Balaban J connectivity index is 1.86. The van der Waals surface area contributed by atoms with E-state index in [0.717, 1.165) is 19.0 Å². The van der Waals surface area contributed by atoms with Crippen LogP contribution in [0.2, 0.25) is 0 Å². The zero-order valence-electron chi connectivity index (χ0n) is 7.84. The molecule has 68 valence electrons. The Labute approximate surface area is 75.0 Å². The summed E-state index contributed by atoms with van der Waals surface area (Å²) in [5.41, 5.74) is 0. The van der Waals surface area contributed by atoms with Crippen molar-refractivity contribution in [2.45, 2.75) is 32.6 Å². The quantitative estimate of drug-likeness (QED) is 0.633. The summed E-state index contributed by atoms with van der Waals surface area (Å²) in [4.78, 5) is 0. The number of nitrogens with zero attached hydrogens (tertiary/aromatic N) is 1. The summed E-state index contributed by atoms with van der Waals surface area (Å²) in [6, 6.07) is 2.22. The number of rotatable bonds is 5. The predicted molar refractivity (Wildman–Crippen MR) is 49.6 cm³/mol. The number of nitriles is 1. The van der Waals surface area contributed by atoms with Crippen molar-refractivity contribution < 1.29 is 0 Å². The first-order chi connectivity index (χ1) is 5.83. The van der Waals surface area contributed by atoms with Gasteiger partial charge in [-0.2, -0.15) is 5.26 Å².